The molecule has 0 radical (unpaired) electrons. The van der Waals surface area contributed by atoms with Gasteiger partial charge in [0.25, 0.3) is 5.91 Å². The lowest BCUT2D eigenvalue weighted by atomic mass is 10.1. The second-order valence-electron chi connectivity index (χ2n) is 5.96. The van der Waals surface area contributed by atoms with Crippen molar-refractivity contribution in [2.45, 2.75) is 6.92 Å². The number of nitrogens with zero attached hydrogens (tertiary/aromatic N) is 6. The molecule has 2 aromatic carbocycles. The zero-order valence-electron chi connectivity index (χ0n) is 14.7. The molecule has 0 aliphatic rings. The summed E-state index contributed by atoms with van der Waals surface area (Å²) in [6, 6.07) is 14.4. The molecule has 0 atom stereocenters. The molecular formula is C18H16N8O. The Kier molecular flexibility index (Phi) is 4.17. The Labute approximate surface area is 154 Å². The van der Waals surface area contributed by atoms with Crippen molar-refractivity contribution in [3.05, 3.63) is 59.9 Å². The highest BCUT2D eigenvalue weighted by atomic mass is 16.1. The van der Waals surface area contributed by atoms with E-state index in [1.54, 1.807) is 31.3 Å². The molecule has 2 aromatic heterocycles. The van der Waals surface area contributed by atoms with Crippen LogP contribution in [0.3, 0.4) is 0 Å². The fraction of sp³-hybridized carbons (Fsp3) is 0.111. The fourth-order valence-corrected chi connectivity index (χ4v) is 2.58. The Morgan fingerprint density at radius 2 is 1.89 bits per heavy atom. The summed E-state index contributed by atoms with van der Waals surface area (Å²) >= 11 is 0. The molecular weight excluding hydrogens is 344 g/mol. The van der Waals surface area contributed by atoms with Gasteiger partial charge < -0.3 is 5.32 Å². The Morgan fingerprint density at radius 1 is 1.07 bits per heavy atom. The zero-order valence-corrected chi connectivity index (χ0v) is 14.7. The van der Waals surface area contributed by atoms with Crippen molar-refractivity contribution in [3.8, 4) is 22.8 Å². The molecule has 9 heteroatoms. The van der Waals surface area contributed by atoms with E-state index in [0.717, 1.165) is 17.0 Å². The minimum absolute atomic E-state index is 0.211. The first-order valence-corrected chi connectivity index (χ1v) is 8.24. The van der Waals surface area contributed by atoms with Crippen LogP contribution in [0, 0.1) is 6.92 Å². The number of H-pyrrole nitrogens is 1. The van der Waals surface area contributed by atoms with Gasteiger partial charge in [-0.25, -0.2) is 4.98 Å². The molecule has 0 saturated heterocycles. The first-order valence-electron chi connectivity index (χ1n) is 8.24. The predicted octanol–water partition coefficient (Wildman–Crippen LogP) is 2.22. The molecule has 0 aliphatic carbocycles. The van der Waals surface area contributed by atoms with Crippen LogP contribution in [0.25, 0.3) is 22.8 Å². The van der Waals surface area contributed by atoms with E-state index >= 15 is 0 Å². The van der Waals surface area contributed by atoms with E-state index in [1.807, 2.05) is 31.2 Å². The standard InChI is InChI=1S/C18H16N8O/c1-11-19-16(22-21-11)14-4-3-5-15(10-14)20-18(27)13-8-6-12(7-9-13)17-23-25-26(2)24-17/h3-10H,1-2H3,(H,20,27)(H,19,21,22). The molecule has 134 valence electrons. The Bertz CT molecular complexity index is 1100. The molecule has 2 heterocycles. The smallest absolute Gasteiger partial charge is 0.255 e. The van der Waals surface area contributed by atoms with Gasteiger partial charge in [0.1, 0.15) is 5.82 Å². The molecule has 0 spiro atoms. The molecule has 0 bridgehead atoms. The highest BCUT2D eigenvalue weighted by molar-refractivity contribution is 6.04. The average molecular weight is 360 g/mol. The van der Waals surface area contributed by atoms with Gasteiger partial charge in [0, 0.05) is 22.4 Å². The van der Waals surface area contributed by atoms with E-state index in [4.69, 9.17) is 0 Å². The van der Waals surface area contributed by atoms with Gasteiger partial charge in [-0.05, 0) is 36.4 Å². The van der Waals surface area contributed by atoms with Crippen LogP contribution in [-0.2, 0) is 7.05 Å². The maximum Gasteiger partial charge on any atom is 0.255 e. The van der Waals surface area contributed by atoms with Gasteiger partial charge in [0.05, 0.1) is 7.05 Å². The van der Waals surface area contributed by atoms with E-state index in [9.17, 15) is 4.79 Å². The van der Waals surface area contributed by atoms with Gasteiger partial charge in [0.2, 0.25) is 5.82 Å². The van der Waals surface area contributed by atoms with E-state index in [1.165, 1.54) is 4.80 Å². The first-order chi connectivity index (χ1) is 13.1. The number of anilines is 1. The SMILES string of the molecule is Cc1nc(-c2cccc(NC(=O)c3ccc(-c4nnn(C)n4)cc3)c2)n[nH]1. The molecule has 4 aromatic rings. The van der Waals surface area contributed by atoms with E-state index in [-0.39, 0.29) is 5.91 Å². The molecule has 4 rings (SSSR count). The van der Waals surface area contributed by atoms with Crippen LogP contribution >= 0.6 is 0 Å². The Hall–Kier alpha value is -3.88. The van der Waals surface area contributed by atoms with Crippen LogP contribution in [-0.4, -0.2) is 41.3 Å². The third-order valence-corrected chi connectivity index (χ3v) is 3.89. The van der Waals surface area contributed by atoms with Crippen molar-refractivity contribution in [1.29, 1.82) is 0 Å². The fourth-order valence-electron chi connectivity index (χ4n) is 2.58. The van der Waals surface area contributed by atoms with Crippen molar-refractivity contribution >= 4 is 11.6 Å². The summed E-state index contributed by atoms with van der Waals surface area (Å²) in [5, 5.41) is 21.7. The number of aromatic amines is 1. The molecule has 2 N–H and O–H groups in total. The van der Waals surface area contributed by atoms with Crippen molar-refractivity contribution in [3.63, 3.8) is 0 Å². The number of tetrazole rings is 1. The second kappa shape index (κ2) is 6.79. The van der Waals surface area contributed by atoms with E-state index < -0.39 is 0 Å². The summed E-state index contributed by atoms with van der Waals surface area (Å²) < 4.78 is 0. The number of aryl methyl sites for hydroxylation is 2. The highest BCUT2D eigenvalue weighted by Gasteiger charge is 2.10. The summed E-state index contributed by atoms with van der Waals surface area (Å²) in [5.74, 6) is 1.62. The van der Waals surface area contributed by atoms with Crippen molar-refractivity contribution in [2.24, 2.45) is 7.05 Å². The maximum absolute atomic E-state index is 12.5. The molecule has 0 fully saturated rings. The minimum atomic E-state index is -0.211. The van der Waals surface area contributed by atoms with Crippen molar-refractivity contribution in [1.82, 2.24) is 35.4 Å². The number of hydrogen-bond donors (Lipinski definition) is 2. The Balaban J connectivity index is 1.50. The van der Waals surface area contributed by atoms with Gasteiger partial charge in [-0.1, -0.05) is 24.3 Å². The lowest BCUT2D eigenvalue weighted by Gasteiger charge is -2.07. The van der Waals surface area contributed by atoms with E-state index in [0.29, 0.717) is 22.9 Å². The number of benzene rings is 2. The summed E-state index contributed by atoms with van der Waals surface area (Å²) in [6.45, 7) is 1.84. The van der Waals surface area contributed by atoms with Gasteiger partial charge >= 0.3 is 0 Å². The van der Waals surface area contributed by atoms with E-state index in [2.05, 4.69) is 35.9 Å². The zero-order chi connectivity index (χ0) is 18.8. The van der Waals surface area contributed by atoms with Crippen LogP contribution in [0.1, 0.15) is 16.2 Å². The third kappa shape index (κ3) is 3.56. The van der Waals surface area contributed by atoms with Crippen LogP contribution in [0.2, 0.25) is 0 Å². The average Bonchev–Trinajstić information content (AvgIpc) is 3.30. The highest BCUT2D eigenvalue weighted by Crippen LogP contribution is 2.20. The summed E-state index contributed by atoms with van der Waals surface area (Å²) in [4.78, 5) is 18.2. The number of carbonyl (C=O) groups is 1. The molecule has 0 saturated carbocycles. The number of hydrogen-bond acceptors (Lipinski definition) is 6. The quantitative estimate of drug-likeness (QED) is 0.577. The molecule has 0 aliphatic heterocycles. The number of rotatable bonds is 4. The van der Waals surface area contributed by atoms with Crippen LogP contribution in [0.15, 0.2) is 48.5 Å². The third-order valence-electron chi connectivity index (χ3n) is 3.89. The molecule has 9 nitrogen and oxygen atoms in total. The molecule has 0 unspecified atom stereocenters. The van der Waals surface area contributed by atoms with Crippen LogP contribution in [0.5, 0.6) is 0 Å². The monoisotopic (exact) mass is 360 g/mol. The second-order valence-corrected chi connectivity index (χ2v) is 5.96. The van der Waals surface area contributed by atoms with Crippen LogP contribution in [0.4, 0.5) is 5.69 Å². The maximum atomic E-state index is 12.5. The topological polar surface area (TPSA) is 114 Å². The summed E-state index contributed by atoms with van der Waals surface area (Å²) in [6.07, 6.45) is 0. The predicted molar refractivity (Wildman–Crippen MR) is 98.7 cm³/mol. The summed E-state index contributed by atoms with van der Waals surface area (Å²) in [7, 11) is 1.70. The Morgan fingerprint density at radius 3 is 2.56 bits per heavy atom. The molecule has 1 amide bonds. The largest absolute Gasteiger partial charge is 0.322 e. The van der Waals surface area contributed by atoms with Gasteiger partial charge in [0.15, 0.2) is 5.82 Å². The first kappa shape index (κ1) is 16.6. The lowest BCUT2D eigenvalue weighted by molar-refractivity contribution is 0.102. The normalized spacial score (nSPS) is 10.7. The number of amides is 1. The van der Waals surface area contributed by atoms with Gasteiger partial charge in [-0.2, -0.15) is 9.90 Å². The van der Waals surface area contributed by atoms with Crippen LogP contribution < -0.4 is 5.32 Å². The molecule has 27 heavy (non-hydrogen) atoms. The minimum Gasteiger partial charge on any atom is -0.322 e. The lowest BCUT2D eigenvalue weighted by Crippen LogP contribution is -2.11. The van der Waals surface area contributed by atoms with Crippen molar-refractivity contribution < 1.29 is 4.79 Å². The van der Waals surface area contributed by atoms with Gasteiger partial charge in [-0.15, -0.1) is 10.2 Å². The number of carbonyl (C=O) groups excluding carboxylic acids is 1. The number of nitrogens with one attached hydrogen (secondary N) is 2. The van der Waals surface area contributed by atoms with Crippen molar-refractivity contribution in [2.75, 3.05) is 5.32 Å². The summed E-state index contributed by atoms with van der Waals surface area (Å²) in [5.41, 5.74) is 2.81. The number of aromatic nitrogens is 7. The van der Waals surface area contributed by atoms with Gasteiger partial charge in [-0.3, -0.25) is 9.89 Å².